The van der Waals surface area contributed by atoms with Crippen LogP contribution in [0.3, 0.4) is 0 Å². The van der Waals surface area contributed by atoms with Crippen LogP contribution in [0, 0.1) is 0 Å². The third-order valence-corrected chi connectivity index (χ3v) is 10.7. The van der Waals surface area contributed by atoms with E-state index in [1.807, 2.05) is 42.7 Å². The van der Waals surface area contributed by atoms with Crippen LogP contribution < -0.4 is 0 Å². The first kappa shape index (κ1) is 32.4. The van der Waals surface area contributed by atoms with E-state index in [1.54, 1.807) is 0 Å². The molecule has 1 aliphatic carbocycles. The first-order chi connectivity index (χ1) is 27.3. The van der Waals surface area contributed by atoms with Crippen LogP contribution in [-0.2, 0) is 5.41 Å². The van der Waals surface area contributed by atoms with Crippen LogP contribution in [0.2, 0.25) is 0 Å². The predicted molar refractivity (Wildman–Crippen MR) is 222 cm³/mol. The maximum atomic E-state index is 5.28. The van der Waals surface area contributed by atoms with E-state index < -0.39 is 5.41 Å². The minimum Gasteiger partial charge on any atom is -0.265 e. The maximum Gasteiger partial charge on any atom is 0.164 e. The number of pyridine rings is 1. The van der Waals surface area contributed by atoms with Crippen LogP contribution in [-0.4, -0.2) is 19.9 Å². The number of nitrogens with zero attached hydrogens (tertiary/aromatic N) is 4. The number of fused-ring (bicyclic) bond motifs is 3. The van der Waals surface area contributed by atoms with Gasteiger partial charge in [-0.15, -0.1) is 0 Å². The van der Waals surface area contributed by atoms with Gasteiger partial charge < -0.3 is 0 Å². The smallest absolute Gasteiger partial charge is 0.164 e. The molecule has 4 nitrogen and oxygen atoms in total. The van der Waals surface area contributed by atoms with Crippen molar-refractivity contribution in [1.82, 2.24) is 19.9 Å². The van der Waals surface area contributed by atoms with Crippen molar-refractivity contribution in [3.8, 4) is 67.5 Å². The van der Waals surface area contributed by atoms with Crippen LogP contribution in [0.4, 0.5) is 0 Å². The van der Waals surface area contributed by atoms with Crippen molar-refractivity contribution in [3.05, 3.63) is 229 Å². The van der Waals surface area contributed by atoms with Crippen LogP contribution >= 0.6 is 0 Å². The summed E-state index contributed by atoms with van der Waals surface area (Å²) >= 11 is 0. The lowest BCUT2D eigenvalue weighted by Gasteiger charge is -2.34. The Labute approximate surface area is 320 Å². The summed E-state index contributed by atoms with van der Waals surface area (Å²) in [6, 6.07) is 68.5. The second kappa shape index (κ2) is 13.6. The maximum absolute atomic E-state index is 5.28. The van der Waals surface area contributed by atoms with Gasteiger partial charge in [-0.25, -0.2) is 15.0 Å². The molecule has 4 heteroatoms. The lowest BCUT2D eigenvalue weighted by molar-refractivity contribution is 0.769. The van der Waals surface area contributed by atoms with Gasteiger partial charge in [0.25, 0.3) is 0 Å². The molecule has 2 heterocycles. The fraction of sp³-hybridized carbons (Fsp3) is 0.0196. The lowest BCUT2D eigenvalue weighted by atomic mass is 9.67. The summed E-state index contributed by atoms with van der Waals surface area (Å²) in [7, 11) is 0. The fourth-order valence-corrected chi connectivity index (χ4v) is 8.24. The van der Waals surface area contributed by atoms with Gasteiger partial charge >= 0.3 is 0 Å². The summed E-state index contributed by atoms with van der Waals surface area (Å²) in [5.74, 6) is 1.89. The molecule has 0 fully saturated rings. The van der Waals surface area contributed by atoms with Crippen molar-refractivity contribution in [1.29, 1.82) is 0 Å². The fourth-order valence-electron chi connectivity index (χ4n) is 8.24. The molecular formula is C51H34N4. The summed E-state index contributed by atoms with van der Waals surface area (Å²) in [5, 5.41) is 0. The highest BCUT2D eigenvalue weighted by Crippen LogP contribution is 2.57. The third kappa shape index (κ3) is 5.55. The van der Waals surface area contributed by atoms with Gasteiger partial charge in [-0.2, -0.15) is 0 Å². The minimum absolute atomic E-state index is 0.607. The topological polar surface area (TPSA) is 51.6 Å². The molecule has 0 saturated carbocycles. The summed E-state index contributed by atoms with van der Waals surface area (Å²) in [6.07, 6.45) is 3.71. The van der Waals surface area contributed by atoms with Gasteiger partial charge in [0, 0.05) is 29.1 Å². The Kier molecular flexibility index (Phi) is 8.00. The van der Waals surface area contributed by atoms with E-state index in [0.717, 1.165) is 38.9 Å². The molecule has 0 amide bonds. The van der Waals surface area contributed by atoms with Gasteiger partial charge in [-0.3, -0.25) is 4.98 Å². The Morgan fingerprint density at radius 3 is 1.35 bits per heavy atom. The molecule has 0 bridgehead atoms. The lowest BCUT2D eigenvalue weighted by Crippen LogP contribution is -2.28. The van der Waals surface area contributed by atoms with E-state index in [2.05, 4.69) is 169 Å². The second-order valence-corrected chi connectivity index (χ2v) is 13.8. The molecule has 0 spiro atoms. The number of benzene rings is 7. The first-order valence-corrected chi connectivity index (χ1v) is 18.5. The number of rotatable bonds is 7. The summed E-state index contributed by atoms with van der Waals surface area (Å²) in [5.41, 5.74) is 13.9. The molecule has 258 valence electrons. The molecule has 10 rings (SSSR count). The standard InChI is InChI=1S/C51H34N4/c1-5-15-36(16-6-1)42-23-13-14-24-45(42)50-54-48(37-17-7-2-8-18-37)53-49(55-50)39-26-28-44-43-27-25-38(35-29-31-52-32-30-35)33-46(43)51(47(44)34-39,40-19-9-3-10-20-40)41-21-11-4-12-22-41/h1-34H. The first-order valence-electron chi connectivity index (χ1n) is 18.5. The Bertz CT molecular complexity index is 2750. The third-order valence-electron chi connectivity index (χ3n) is 10.7. The summed E-state index contributed by atoms with van der Waals surface area (Å²) in [4.78, 5) is 19.9. The van der Waals surface area contributed by atoms with Crippen LogP contribution in [0.5, 0.6) is 0 Å². The molecule has 2 aromatic heterocycles. The number of hydrogen-bond donors (Lipinski definition) is 0. The Morgan fingerprint density at radius 2 is 0.745 bits per heavy atom. The van der Waals surface area contributed by atoms with Gasteiger partial charge in [-0.05, 0) is 79.9 Å². The average molecular weight is 703 g/mol. The van der Waals surface area contributed by atoms with E-state index >= 15 is 0 Å². The Morgan fingerprint density at radius 1 is 0.291 bits per heavy atom. The summed E-state index contributed by atoms with van der Waals surface area (Å²) in [6.45, 7) is 0. The molecule has 0 radical (unpaired) electrons. The molecule has 0 saturated heterocycles. The van der Waals surface area contributed by atoms with Crippen LogP contribution in [0.25, 0.3) is 67.5 Å². The molecule has 7 aromatic carbocycles. The molecule has 9 aromatic rings. The van der Waals surface area contributed by atoms with Crippen molar-refractivity contribution >= 4 is 0 Å². The highest BCUT2D eigenvalue weighted by molar-refractivity contribution is 5.90. The highest BCUT2D eigenvalue weighted by Gasteiger charge is 2.46. The van der Waals surface area contributed by atoms with Gasteiger partial charge in [0.15, 0.2) is 17.5 Å². The predicted octanol–water partition coefficient (Wildman–Crippen LogP) is 12.0. The van der Waals surface area contributed by atoms with E-state index in [9.17, 15) is 0 Å². The molecule has 1 aliphatic rings. The number of aromatic nitrogens is 4. The zero-order chi connectivity index (χ0) is 36.6. The number of hydrogen-bond acceptors (Lipinski definition) is 4. The highest BCUT2D eigenvalue weighted by atomic mass is 15.0. The summed E-state index contributed by atoms with van der Waals surface area (Å²) < 4.78 is 0. The van der Waals surface area contributed by atoms with Gasteiger partial charge in [0.2, 0.25) is 0 Å². The Balaban J connectivity index is 1.23. The molecule has 0 unspecified atom stereocenters. The van der Waals surface area contributed by atoms with Gasteiger partial charge in [0.05, 0.1) is 5.41 Å². The second-order valence-electron chi connectivity index (χ2n) is 13.8. The van der Waals surface area contributed by atoms with Crippen molar-refractivity contribution in [2.45, 2.75) is 5.41 Å². The molecule has 0 N–H and O–H groups in total. The van der Waals surface area contributed by atoms with Crippen molar-refractivity contribution in [2.24, 2.45) is 0 Å². The molecular weight excluding hydrogens is 669 g/mol. The molecule has 0 aliphatic heterocycles. The minimum atomic E-state index is -0.607. The van der Waals surface area contributed by atoms with E-state index in [0.29, 0.717) is 17.5 Å². The monoisotopic (exact) mass is 702 g/mol. The van der Waals surface area contributed by atoms with Crippen molar-refractivity contribution < 1.29 is 0 Å². The van der Waals surface area contributed by atoms with Crippen LogP contribution in [0.15, 0.2) is 207 Å². The quantitative estimate of drug-likeness (QED) is 0.166. The zero-order valence-corrected chi connectivity index (χ0v) is 29.9. The van der Waals surface area contributed by atoms with Gasteiger partial charge in [-0.1, -0.05) is 170 Å². The van der Waals surface area contributed by atoms with E-state index in [-0.39, 0.29) is 0 Å². The van der Waals surface area contributed by atoms with Crippen LogP contribution in [0.1, 0.15) is 22.3 Å². The molecule has 55 heavy (non-hydrogen) atoms. The van der Waals surface area contributed by atoms with E-state index in [4.69, 9.17) is 15.0 Å². The largest absolute Gasteiger partial charge is 0.265 e. The van der Waals surface area contributed by atoms with E-state index in [1.165, 1.54) is 33.4 Å². The normalized spacial score (nSPS) is 12.5. The molecule has 0 atom stereocenters. The SMILES string of the molecule is c1ccc(-c2nc(-c3ccc4c(c3)C(c3ccccc3)(c3ccccc3)c3cc(-c5ccncc5)ccc3-4)nc(-c3ccccc3-c3ccccc3)n2)cc1. The van der Waals surface area contributed by atoms with Crippen molar-refractivity contribution in [2.75, 3.05) is 0 Å². The average Bonchev–Trinajstić information content (AvgIpc) is 3.57. The zero-order valence-electron chi connectivity index (χ0n) is 29.9. The Hall–Kier alpha value is -7.30. The van der Waals surface area contributed by atoms with Crippen molar-refractivity contribution in [3.63, 3.8) is 0 Å². The van der Waals surface area contributed by atoms with Gasteiger partial charge in [0.1, 0.15) is 0 Å².